The van der Waals surface area contributed by atoms with E-state index in [0.717, 1.165) is 5.56 Å². The van der Waals surface area contributed by atoms with Crippen LogP contribution in [-0.4, -0.2) is 50.7 Å². The number of carbonyl (C=O) groups is 3. The fraction of sp³-hybridized carbons (Fsp3) is 0.647. The lowest BCUT2D eigenvalue weighted by Crippen LogP contribution is -2.48. The molecule has 4 atom stereocenters. The van der Waals surface area contributed by atoms with E-state index in [0.29, 0.717) is 32.1 Å². The van der Waals surface area contributed by atoms with Gasteiger partial charge in [-0.3, -0.25) is 19.1 Å². The van der Waals surface area contributed by atoms with Crippen molar-refractivity contribution in [1.29, 1.82) is 0 Å². The number of hydrogen-bond acceptors (Lipinski definition) is 4. The Labute approximate surface area is 146 Å². The highest BCUT2D eigenvalue weighted by Gasteiger charge is 2.41. The molecule has 8 heteroatoms. The van der Waals surface area contributed by atoms with Crippen molar-refractivity contribution in [3.63, 3.8) is 0 Å². The topological polar surface area (TPSA) is 105 Å². The smallest absolute Gasteiger partial charge is 0.306 e. The Balaban J connectivity index is 1.73. The number of nitrogens with zero attached hydrogens (tertiary/aromatic N) is 3. The Morgan fingerprint density at radius 1 is 1.28 bits per heavy atom. The maximum atomic E-state index is 12.8. The van der Waals surface area contributed by atoms with E-state index in [1.807, 2.05) is 6.20 Å². The van der Waals surface area contributed by atoms with Crippen molar-refractivity contribution in [2.24, 2.45) is 18.9 Å². The van der Waals surface area contributed by atoms with Gasteiger partial charge in [-0.05, 0) is 25.7 Å². The maximum Gasteiger partial charge on any atom is 0.306 e. The number of likely N-dealkylation sites (tertiary alicyclic amines) is 1. The molecular weight excluding hydrogens is 324 g/mol. The lowest BCUT2D eigenvalue weighted by molar-refractivity contribution is -0.143. The molecule has 8 nitrogen and oxygen atoms in total. The molecule has 0 bridgehead atoms. The van der Waals surface area contributed by atoms with Gasteiger partial charge in [0.15, 0.2) is 0 Å². The average molecular weight is 348 g/mol. The molecule has 2 heterocycles. The largest absolute Gasteiger partial charge is 0.481 e. The zero-order chi connectivity index (χ0) is 18.1. The quantitative estimate of drug-likeness (QED) is 0.833. The number of carbonyl (C=O) groups excluding carboxylic acids is 2. The van der Waals surface area contributed by atoms with Crippen LogP contribution in [0.25, 0.3) is 0 Å². The molecule has 2 aliphatic rings. The van der Waals surface area contributed by atoms with Crippen LogP contribution in [0.3, 0.4) is 0 Å². The zero-order valence-corrected chi connectivity index (χ0v) is 14.5. The second-order valence-corrected chi connectivity index (χ2v) is 7.10. The minimum atomic E-state index is -0.798. The molecule has 25 heavy (non-hydrogen) atoms. The summed E-state index contributed by atoms with van der Waals surface area (Å²) in [6.07, 6.45) is 6.10. The van der Waals surface area contributed by atoms with E-state index in [1.54, 1.807) is 29.9 Å². The van der Waals surface area contributed by atoms with E-state index in [9.17, 15) is 14.4 Å². The first-order chi connectivity index (χ1) is 11.9. The summed E-state index contributed by atoms with van der Waals surface area (Å²) in [5, 5.41) is 16.3. The van der Waals surface area contributed by atoms with E-state index in [2.05, 4.69) is 10.4 Å². The summed E-state index contributed by atoms with van der Waals surface area (Å²) in [6.45, 7) is 0. The number of carboxylic acids is 1. The van der Waals surface area contributed by atoms with Gasteiger partial charge in [0.2, 0.25) is 11.8 Å². The predicted octanol–water partition coefficient (Wildman–Crippen LogP) is 0.699. The Morgan fingerprint density at radius 2 is 2.04 bits per heavy atom. The van der Waals surface area contributed by atoms with Crippen LogP contribution in [0.2, 0.25) is 0 Å². The van der Waals surface area contributed by atoms with Crippen molar-refractivity contribution in [2.75, 3.05) is 7.05 Å². The molecule has 2 amide bonds. The van der Waals surface area contributed by atoms with Crippen LogP contribution < -0.4 is 5.32 Å². The normalized spacial score (nSPS) is 29.7. The number of nitrogens with one attached hydrogen (secondary N) is 1. The third kappa shape index (κ3) is 3.52. The summed E-state index contributed by atoms with van der Waals surface area (Å²) in [4.78, 5) is 37.7. The van der Waals surface area contributed by atoms with Crippen LogP contribution in [0.4, 0.5) is 0 Å². The van der Waals surface area contributed by atoms with Crippen LogP contribution in [0, 0.1) is 11.8 Å². The van der Waals surface area contributed by atoms with Crippen LogP contribution in [-0.2, 0) is 21.4 Å². The molecule has 1 saturated heterocycles. The van der Waals surface area contributed by atoms with Crippen LogP contribution in [0.1, 0.15) is 43.7 Å². The molecule has 2 fully saturated rings. The summed E-state index contributed by atoms with van der Waals surface area (Å²) in [5.41, 5.74) is 0.841. The van der Waals surface area contributed by atoms with E-state index in [4.69, 9.17) is 5.11 Å². The van der Waals surface area contributed by atoms with E-state index in [1.165, 1.54) is 0 Å². The summed E-state index contributed by atoms with van der Waals surface area (Å²) in [6, 6.07) is -0.447. The van der Waals surface area contributed by atoms with Crippen molar-refractivity contribution in [2.45, 2.75) is 44.2 Å². The molecule has 0 spiro atoms. The van der Waals surface area contributed by atoms with E-state index >= 15 is 0 Å². The molecular formula is C17H24N4O4. The molecule has 2 unspecified atom stereocenters. The molecule has 0 radical (unpaired) electrons. The molecule has 3 rings (SSSR count). The third-order valence-electron chi connectivity index (χ3n) is 5.39. The molecule has 1 aliphatic heterocycles. The predicted molar refractivity (Wildman–Crippen MR) is 88.4 cm³/mol. The average Bonchev–Trinajstić information content (AvgIpc) is 3.19. The molecule has 1 aromatic heterocycles. The van der Waals surface area contributed by atoms with Crippen molar-refractivity contribution in [3.8, 4) is 0 Å². The summed E-state index contributed by atoms with van der Waals surface area (Å²) in [5.74, 6) is -1.62. The summed E-state index contributed by atoms with van der Waals surface area (Å²) < 4.78 is 1.66. The number of amides is 2. The van der Waals surface area contributed by atoms with E-state index < -0.39 is 5.97 Å². The second kappa shape index (κ2) is 6.85. The van der Waals surface area contributed by atoms with Gasteiger partial charge in [-0.1, -0.05) is 0 Å². The highest BCUT2D eigenvalue weighted by molar-refractivity contribution is 5.85. The van der Waals surface area contributed by atoms with Gasteiger partial charge >= 0.3 is 5.97 Å². The van der Waals surface area contributed by atoms with Crippen LogP contribution in [0.5, 0.6) is 0 Å². The van der Waals surface area contributed by atoms with Gasteiger partial charge in [0.25, 0.3) is 0 Å². The first-order valence-electron chi connectivity index (χ1n) is 8.64. The van der Waals surface area contributed by atoms with Gasteiger partial charge in [-0.25, -0.2) is 0 Å². The molecule has 2 N–H and O–H groups in total. The molecule has 1 aliphatic carbocycles. The maximum absolute atomic E-state index is 12.8. The standard InChI is InChI=1S/C17H24N4O4/c1-20-9-11(8-18-20)15-13(5-6-14(22)21(15)2)16(23)19-12-4-3-10(7-12)17(24)25/h8-10,12-13,15H,3-7H2,1-2H3,(H,19,23)(H,24,25)/t10-,12+,13?,15?/m0/s1. The Hall–Kier alpha value is -2.38. The minimum Gasteiger partial charge on any atom is -0.481 e. The molecule has 1 saturated carbocycles. The first-order valence-corrected chi connectivity index (χ1v) is 8.64. The second-order valence-electron chi connectivity index (χ2n) is 7.10. The molecule has 1 aromatic rings. The molecule has 136 valence electrons. The number of piperidine rings is 1. The van der Waals surface area contributed by atoms with Crippen molar-refractivity contribution >= 4 is 17.8 Å². The Kier molecular flexibility index (Phi) is 4.78. The third-order valence-corrected chi connectivity index (χ3v) is 5.39. The Morgan fingerprint density at radius 3 is 2.64 bits per heavy atom. The van der Waals surface area contributed by atoms with Gasteiger partial charge in [0.05, 0.1) is 24.1 Å². The van der Waals surface area contributed by atoms with Gasteiger partial charge in [0.1, 0.15) is 0 Å². The lowest BCUT2D eigenvalue weighted by atomic mass is 9.85. The number of carboxylic acid groups (broad SMARTS) is 1. The summed E-state index contributed by atoms with van der Waals surface area (Å²) >= 11 is 0. The van der Waals surface area contributed by atoms with Crippen LogP contribution in [0.15, 0.2) is 12.4 Å². The minimum absolute atomic E-state index is 0.0183. The number of aliphatic carboxylic acids is 1. The number of hydrogen-bond donors (Lipinski definition) is 2. The fourth-order valence-electron chi connectivity index (χ4n) is 4.01. The highest BCUT2D eigenvalue weighted by atomic mass is 16.4. The zero-order valence-electron chi connectivity index (χ0n) is 14.5. The van der Waals surface area contributed by atoms with Crippen molar-refractivity contribution < 1.29 is 19.5 Å². The highest BCUT2D eigenvalue weighted by Crippen LogP contribution is 2.36. The summed E-state index contributed by atoms with van der Waals surface area (Å²) in [7, 11) is 3.52. The van der Waals surface area contributed by atoms with Gasteiger partial charge < -0.3 is 15.3 Å². The van der Waals surface area contributed by atoms with Gasteiger partial charge in [0, 0.05) is 38.3 Å². The monoisotopic (exact) mass is 348 g/mol. The number of aromatic nitrogens is 2. The van der Waals surface area contributed by atoms with Crippen molar-refractivity contribution in [1.82, 2.24) is 20.0 Å². The van der Waals surface area contributed by atoms with Gasteiger partial charge in [-0.15, -0.1) is 0 Å². The Bertz CT molecular complexity index is 686. The van der Waals surface area contributed by atoms with E-state index in [-0.39, 0.29) is 35.7 Å². The fourth-order valence-corrected chi connectivity index (χ4v) is 4.01. The number of rotatable bonds is 4. The first kappa shape index (κ1) is 17.4. The molecule has 0 aromatic carbocycles. The van der Waals surface area contributed by atoms with Crippen LogP contribution >= 0.6 is 0 Å². The van der Waals surface area contributed by atoms with Gasteiger partial charge in [-0.2, -0.15) is 5.10 Å². The van der Waals surface area contributed by atoms with Crippen molar-refractivity contribution in [3.05, 3.63) is 18.0 Å². The number of aryl methyl sites for hydroxylation is 1. The lowest BCUT2D eigenvalue weighted by Gasteiger charge is -2.38. The SMILES string of the molecule is CN1C(=O)CCC(C(=O)N[C@@H]2CC[C@H](C(=O)O)C2)C1c1cnn(C)c1.